The highest BCUT2D eigenvalue weighted by atomic mass is 127. The summed E-state index contributed by atoms with van der Waals surface area (Å²) in [7, 11) is 0. The minimum atomic E-state index is -1.26. The van der Waals surface area contributed by atoms with Crippen molar-refractivity contribution < 1.29 is 19.1 Å². The Kier molecular flexibility index (Phi) is 5.79. The van der Waals surface area contributed by atoms with Gasteiger partial charge in [0, 0.05) is 23.6 Å². The van der Waals surface area contributed by atoms with Crippen LogP contribution in [0, 0.1) is 3.57 Å². The largest absolute Gasteiger partial charge is 0.450 e. The summed E-state index contributed by atoms with van der Waals surface area (Å²) in [6.07, 6.45) is 0. The highest BCUT2D eigenvalue weighted by Gasteiger charge is 2.31. The number of hydrogen-bond donors (Lipinski definition) is 1. The van der Waals surface area contributed by atoms with Gasteiger partial charge < -0.3 is 19.7 Å². The molecule has 0 unspecified atom stereocenters. The highest BCUT2D eigenvalue weighted by molar-refractivity contribution is 14.1. The third-order valence-electron chi connectivity index (χ3n) is 3.30. The average molecular weight is 433 g/mol. The Balaban J connectivity index is 2.14. The third-order valence-corrected chi connectivity index (χ3v) is 3.92. The van der Waals surface area contributed by atoms with Gasteiger partial charge in [0.05, 0.1) is 13.2 Å². The van der Waals surface area contributed by atoms with Crippen LogP contribution in [0.15, 0.2) is 12.1 Å². The number of amides is 1. The minimum Gasteiger partial charge on any atom is -0.450 e. The molecule has 8 heteroatoms. The Morgan fingerprint density at radius 1 is 1.35 bits per heavy atom. The lowest BCUT2D eigenvalue weighted by atomic mass is 10.1. The summed E-state index contributed by atoms with van der Waals surface area (Å²) in [5, 5.41) is 2.72. The van der Waals surface area contributed by atoms with Crippen LogP contribution >= 0.6 is 22.6 Å². The van der Waals surface area contributed by atoms with Crippen LogP contribution in [-0.4, -0.2) is 48.8 Å². The van der Waals surface area contributed by atoms with Crippen LogP contribution in [0.3, 0.4) is 0 Å². The lowest BCUT2D eigenvalue weighted by molar-refractivity contribution is -0.160. The van der Waals surface area contributed by atoms with Crippen molar-refractivity contribution in [3.05, 3.63) is 15.7 Å². The summed E-state index contributed by atoms with van der Waals surface area (Å²) < 4.78 is 11.3. The van der Waals surface area contributed by atoms with Crippen molar-refractivity contribution >= 4 is 46.1 Å². The first-order valence-corrected chi connectivity index (χ1v) is 8.37. The standard InChI is InChI=1S/C15H20IN3O4/c1-10(20)23-15(2,3)14(21)18-12-8-11(16)9-13(17-12)19-4-6-22-7-5-19/h8-9H,4-7H2,1-3H3,(H,17,18,21). The van der Waals surface area contributed by atoms with Crippen molar-refractivity contribution in [2.45, 2.75) is 26.4 Å². The Morgan fingerprint density at radius 3 is 2.61 bits per heavy atom. The van der Waals surface area contributed by atoms with Crippen LogP contribution in [0.1, 0.15) is 20.8 Å². The summed E-state index contributed by atoms with van der Waals surface area (Å²) in [6, 6.07) is 3.73. The number of halogens is 1. The molecule has 0 saturated carbocycles. The van der Waals surface area contributed by atoms with Gasteiger partial charge in [0.1, 0.15) is 11.6 Å². The Labute approximate surface area is 148 Å². The van der Waals surface area contributed by atoms with E-state index in [1.807, 2.05) is 6.07 Å². The van der Waals surface area contributed by atoms with Gasteiger partial charge in [0.2, 0.25) is 0 Å². The van der Waals surface area contributed by atoms with E-state index >= 15 is 0 Å². The first kappa shape index (κ1) is 17.9. The Morgan fingerprint density at radius 2 is 2.00 bits per heavy atom. The van der Waals surface area contributed by atoms with E-state index in [4.69, 9.17) is 9.47 Å². The molecule has 0 aromatic carbocycles. The maximum Gasteiger partial charge on any atom is 0.303 e. The van der Waals surface area contributed by atoms with E-state index in [9.17, 15) is 9.59 Å². The second kappa shape index (κ2) is 7.43. The molecule has 1 aromatic heterocycles. The van der Waals surface area contributed by atoms with Crippen LogP contribution in [-0.2, 0) is 19.1 Å². The first-order valence-electron chi connectivity index (χ1n) is 7.29. The van der Waals surface area contributed by atoms with Gasteiger partial charge in [0.15, 0.2) is 5.60 Å². The van der Waals surface area contributed by atoms with Crippen LogP contribution in [0.25, 0.3) is 0 Å². The van der Waals surface area contributed by atoms with Gasteiger partial charge in [-0.05, 0) is 48.6 Å². The normalized spacial score (nSPS) is 15.2. The van der Waals surface area contributed by atoms with Gasteiger partial charge >= 0.3 is 5.97 Å². The summed E-state index contributed by atoms with van der Waals surface area (Å²) in [4.78, 5) is 30.0. The molecule has 0 radical (unpaired) electrons. The number of carbonyl (C=O) groups excluding carboxylic acids is 2. The van der Waals surface area contributed by atoms with E-state index in [0.717, 1.165) is 22.5 Å². The molecule has 2 rings (SSSR count). The summed E-state index contributed by atoms with van der Waals surface area (Å²) >= 11 is 2.18. The van der Waals surface area contributed by atoms with Crippen molar-refractivity contribution in [3.8, 4) is 0 Å². The smallest absolute Gasteiger partial charge is 0.303 e. The number of rotatable bonds is 4. The fourth-order valence-electron chi connectivity index (χ4n) is 2.17. The van der Waals surface area contributed by atoms with Gasteiger partial charge in [-0.3, -0.25) is 9.59 Å². The van der Waals surface area contributed by atoms with Gasteiger partial charge in [-0.1, -0.05) is 0 Å². The van der Waals surface area contributed by atoms with Gasteiger partial charge in [0.25, 0.3) is 5.91 Å². The number of anilines is 2. The van der Waals surface area contributed by atoms with Crippen LogP contribution < -0.4 is 10.2 Å². The number of nitrogens with one attached hydrogen (secondary N) is 1. The third kappa shape index (κ3) is 5.03. The van der Waals surface area contributed by atoms with E-state index in [-0.39, 0.29) is 0 Å². The molecule has 1 N–H and O–H groups in total. The zero-order chi connectivity index (χ0) is 17.0. The molecule has 1 aliphatic heterocycles. The van der Waals surface area contributed by atoms with E-state index in [1.54, 1.807) is 19.9 Å². The molecule has 1 amide bonds. The van der Waals surface area contributed by atoms with Gasteiger partial charge in [-0.2, -0.15) is 0 Å². The number of esters is 1. The van der Waals surface area contributed by atoms with E-state index in [1.165, 1.54) is 6.92 Å². The number of nitrogens with zero attached hydrogens (tertiary/aromatic N) is 2. The number of carbonyl (C=O) groups is 2. The maximum atomic E-state index is 12.3. The van der Waals surface area contributed by atoms with Crippen molar-refractivity contribution in [1.82, 2.24) is 4.98 Å². The molecule has 1 aromatic rings. The van der Waals surface area contributed by atoms with E-state index in [2.05, 4.69) is 37.8 Å². The number of hydrogen-bond acceptors (Lipinski definition) is 6. The molecule has 2 heterocycles. The average Bonchev–Trinajstić information content (AvgIpc) is 2.46. The predicted molar refractivity (Wildman–Crippen MR) is 94.5 cm³/mol. The van der Waals surface area contributed by atoms with Crippen LogP contribution in [0.2, 0.25) is 0 Å². The molecule has 0 spiro atoms. The van der Waals surface area contributed by atoms with E-state index < -0.39 is 17.5 Å². The quantitative estimate of drug-likeness (QED) is 0.577. The molecule has 1 fully saturated rings. The van der Waals surface area contributed by atoms with Crippen molar-refractivity contribution in [1.29, 1.82) is 0 Å². The molecule has 1 saturated heterocycles. The fraction of sp³-hybridized carbons (Fsp3) is 0.533. The number of aromatic nitrogens is 1. The molecule has 0 atom stereocenters. The highest BCUT2D eigenvalue weighted by Crippen LogP contribution is 2.22. The summed E-state index contributed by atoms with van der Waals surface area (Å²) in [5.74, 6) is 0.300. The van der Waals surface area contributed by atoms with Gasteiger partial charge in [-0.25, -0.2) is 4.98 Å². The van der Waals surface area contributed by atoms with Crippen LogP contribution in [0.4, 0.5) is 11.6 Å². The molecule has 0 aliphatic carbocycles. The van der Waals surface area contributed by atoms with Gasteiger partial charge in [-0.15, -0.1) is 0 Å². The maximum absolute atomic E-state index is 12.3. The summed E-state index contributed by atoms with van der Waals surface area (Å²) in [6.45, 7) is 7.21. The van der Waals surface area contributed by atoms with E-state index in [0.29, 0.717) is 19.0 Å². The SMILES string of the molecule is CC(=O)OC(C)(C)C(=O)Nc1cc(I)cc(N2CCOCC2)n1. The molecule has 23 heavy (non-hydrogen) atoms. The number of pyridine rings is 1. The zero-order valence-corrected chi connectivity index (χ0v) is 15.5. The Bertz CT molecular complexity index is 600. The topological polar surface area (TPSA) is 80.8 Å². The molecular weight excluding hydrogens is 413 g/mol. The van der Waals surface area contributed by atoms with Crippen molar-refractivity contribution in [3.63, 3.8) is 0 Å². The molecular formula is C15H20IN3O4. The second-order valence-electron chi connectivity index (χ2n) is 5.69. The molecule has 0 bridgehead atoms. The number of ether oxygens (including phenoxy) is 2. The lowest BCUT2D eigenvalue weighted by Crippen LogP contribution is -2.41. The monoisotopic (exact) mass is 433 g/mol. The fourth-order valence-corrected chi connectivity index (χ4v) is 2.75. The van der Waals surface area contributed by atoms with Crippen molar-refractivity contribution in [2.75, 3.05) is 36.5 Å². The molecule has 7 nitrogen and oxygen atoms in total. The lowest BCUT2D eigenvalue weighted by Gasteiger charge is -2.28. The molecule has 1 aliphatic rings. The van der Waals surface area contributed by atoms with Crippen LogP contribution in [0.5, 0.6) is 0 Å². The zero-order valence-electron chi connectivity index (χ0n) is 13.4. The second-order valence-corrected chi connectivity index (χ2v) is 6.93. The minimum absolute atomic E-state index is 0.421. The predicted octanol–water partition coefficient (Wildman–Crippen LogP) is 1.80. The first-order chi connectivity index (χ1) is 10.8. The Hall–Kier alpha value is -1.42. The number of morpholine rings is 1. The molecule has 126 valence electrons. The summed E-state index contributed by atoms with van der Waals surface area (Å²) in [5.41, 5.74) is -1.26. The van der Waals surface area contributed by atoms with Crippen molar-refractivity contribution in [2.24, 2.45) is 0 Å².